The molecule has 1 aliphatic carbocycles. The first kappa shape index (κ1) is 15.3. The Kier molecular flexibility index (Phi) is 6.83. The van der Waals surface area contributed by atoms with E-state index in [1.54, 1.807) is 0 Å². The highest BCUT2D eigenvalue weighted by molar-refractivity contribution is 6.18. The molecule has 0 aromatic rings. The van der Waals surface area contributed by atoms with Crippen LogP contribution in [0.5, 0.6) is 0 Å². The van der Waals surface area contributed by atoms with Crippen molar-refractivity contribution in [3.8, 4) is 0 Å². The average Bonchev–Trinajstić information content (AvgIpc) is 2.28. The minimum Gasteiger partial charge on any atom is -0.380 e. The molecule has 0 amide bonds. The molecule has 2 unspecified atom stereocenters. The quantitative estimate of drug-likeness (QED) is 0.560. The molecule has 0 aromatic carbocycles. The molecule has 0 radical (unpaired) electrons. The van der Waals surface area contributed by atoms with Gasteiger partial charge in [0, 0.05) is 24.6 Å². The second kappa shape index (κ2) is 7.60. The van der Waals surface area contributed by atoms with E-state index in [1.807, 2.05) is 0 Å². The zero-order valence-corrected chi connectivity index (χ0v) is 12.4. The fraction of sp³-hybridized carbons (Fsp3) is 1.00. The first-order valence-corrected chi connectivity index (χ1v) is 7.50. The predicted molar refractivity (Wildman–Crippen MR) is 74.7 cm³/mol. The summed E-state index contributed by atoms with van der Waals surface area (Å²) in [5, 5.41) is 3.63. The summed E-state index contributed by atoms with van der Waals surface area (Å²) in [6.45, 7) is 9.26. The van der Waals surface area contributed by atoms with E-state index in [1.165, 1.54) is 25.7 Å². The van der Waals surface area contributed by atoms with Crippen LogP contribution in [0.1, 0.15) is 46.5 Å². The molecule has 0 heterocycles. The van der Waals surface area contributed by atoms with Gasteiger partial charge in [0.15, 0.2) is 0 Å². The second-order valence-corrected chi connectivity index (χ2v) is 6.28. The van der Waals surface area contributed by atoms with Crippen molar-refractivity contribution in [1.82, 2.24) is 5.32 Å². The summed E-state index contributed by atoms with van der Waals surface area (Å²) >= 11 is 6.16. The van der Waals surface area contributed by atoms with Crippen LogP contribution in [0.15, 0.2) is 0 Å². The molecule has 0 bridgehead atoms. The van der Waals surface area contributed by atoms with Crippen LogP contribution in [0.2, 0.25) is 0 Å². The molecule has 2 atom stereocenters. The lowest BCUT2D eigenvalue weighted by atomic mass is 9.77. The Hall–Kier alpha value is 0.210. The third-order valence-electron chi connectivity index (χ3n) is 3.54. The van der Waals surface area contributed by atoms with Crippen molar-refractivity contribution in [3.05, 3.63) is 0 Å². The summed E-state index contributed by atoms with van der Waals surface area (Å²) < 4.78 is 5.60. The molecule has 1 aliphatic rings. The van der Waals surface area contributed by atoms with E-state index in [4.69, 9.17) is 16.3 Å². The third kappa shape index (κ3) is 5.58. The maximum atomic E-state index is 6.16. The van der Waals surface area contributed by atoms with Crippen LogP contribution in [0.4, 0.5) is 0 Å². The molecule has 0 spiro atoms. The Morgan fingerprint density at radius 2 is 2.24 bits per heavy atom. The van der Waals surface area contributed by atoms with Crippen LogP contribution < -0.4 is 5.32 Å². The zero-order valence-electron chi connectivity index (χ0n) is 11.6. The van der Waals surface area contributed by atoms with Crippen molar-refractivity contribution in [3.63, 3.8) is 0 Å². The van der Waals surface area contributed by atoms with E-state index < -0.39 is 0 Å². The Balaban J connectivity index is 2.22. The van der Waals surface area contributed by atoms with Crippen LogP contribution in [0.25, 0.3) is 0 Å². The lowest BCUT2D eigenvalue weighted by molar-refractivity contribution is 0.100. The fourth-order valence-electron chi connectivity index (χ4n) is 2.70. The normalized spacial score (nSPS) is 29.8. The number of halogens is 1. The molecule has 1 N–H and O–H groups in total. The average molecular weight is 262 g/mol. The third-order valence-corrected chi connectivity index (χ3v) is 4.06. The number of hydrogen-bond acceptors (Lipinski definition) is 2. The van der Waals surface area contributed by atoms with Gasteiger partial charge in [0.25, 0.3) is 0 Å². The van der Waals surface area contributed by atoms with Gasteiger partial charge in [-0.25, -0.2) is 0 Å². The largest absolute Gasteiger partial charge is 0.380 e. The van der Waals surface area contributed by atoms with Gasteiger partial charge in [0.2, 0.25) is 0 Å². The summed E-state index contributed by atoms with van der Waals surface area (Å²) in [6, 6.07) is 0. The van der Waals surface area contributed by atoms with Crippen molar-refractivity contribution >= 4 is 11.6 Å². The maximum Gasteiger partial charge on any atom is 0.0591 e. The second-order valence-electron chi connectivity index (χ2n) is 6.01. The number of alkyl halides is 1. The Morgan fingerprint density at radius 1 is 1.47 bits per heavy atom. The summed E-state index contributed by atoms with van der Waals surface area (Å²) in [4.78, 5) is 0. The minimum absolute atomic E-state index is 0.167. The molecule has 3 heteroatoms. The van der Waals surface area contributed by atoms with Gasteiger partial charge in [-0.05, 0) is 24.7 Å². The van der Waals surface area contributed by atoms with Gasteiger partial charge >= 0.3 is 0 Å². The highest BCUT2D eigenvalue weighted by Gasteiger charge is 2.33. The van der Waals surface area contributed by atoms with Gasteiger partial charge in [0.1, 0.15) is 0 Å². The van der Waals surface area contributed by atoms with Crippen LogP contribution in [0.3, 0.4) is 0 Å². The van der Waals surface area contributed by atoms with Gasteiger partial charge in [-0.1, -0.05) is 33.6 Å². The lowest BCUT2D eigenvalue weighted by Gasteiger charge is -2.39. The lowest BCUT2D eigenvalue weighted by Crippen LogP contribution is -2.51. The van der Waals surface area contributed by atoms with E-state index >= 15 is 0 Å². The van der Waals surface area contributed by atoms with Crippen LogP contribution in [-0.2, 0) is 4.74 Å². The van der Waals surface area contributed by atoms with E-state index in [2.05, 4.69) is 26.1 Å². The summed E-state index contributed by atoms with van der Waals surface area (Å²) in [6.07, 6.45) is 5.07. The Labute approximate surface area is 111 Å². The summed E-state index contributed by atoms with van der Waals surface area (Å²) in [7, 11) is 0. The van der Waals surface area contributed by atoms with Gasteiger partial charge in [-0.15, -0.1) is 11.6 Å². The Bertz CT molecular complexity index is 210. The predicted octanol–water partition coefficient (Wildman–Crippen LogP) is 3.44. The molecule has 102 valence electrons. The van der Waals surface area contributed by atoms with Gasteiger partial charge < -0.3 is 10.1 Å². The molecular formula is C14H28ClNO. The Morgan fingerprint density at radius 3 is 2.82 bits per heavy atom. The van der Waals surface area contributed by atoms with Crippen LogP contribution in [-0.4, -0.2) is 31.2 Å². The first-order chi connectivity index (χ1) is 8.08. The zero-order chi connectivity index (χ0) is 12.7. The van der Waals surface area contributed by atoms with Gasteiger partial charge in [-0.3, -0.25) is 0 Å². The molecule has 17 heavy (non-hydrogen) atoms. The highest BCUT2D eigenvalue weighted by Crippen LogP contribution is 2.32. The topological polar surface area (TPSA) is 21.3 Å². The van der Waals surface area contributed by atoms with Crippen LogP contribution >= 0.6 is 11.6 Å². The highest BCUT2D eigenvalue weighted by atomic mass is 35.5. The fourth-order valence-corrected chi connectivity index (χ4v) is 3.03. The first-order valence-electron chi connectivity index (χ1n) is 6.97. The smallest absolute Gasteiger partial charge is 0.0591 e. The van der Waals surface area contributed by atoms with Crippen molar-refractivity contribution in [2.45, 2.75) is 52.0 Å². The van der Waals surface area contributed by atoms with Crippen molar-refractivity contribution in [1.29, 1.82) is 0 Å². The summed E-state index contributed by atoms with van der Waals surface area (Å²) in [5.41, 5.74) is 0.167. The van der Waals surface area contributed by atoms with Crippen molar-refractivity contribution < 1.29 is 4.74 Å². The molecule has 2 nitrogen and oxygen atoms in total. The van der Waals surface area contributed by atoms with Crippen molar-refractivity contribution in [2.24, 2.45) is 11.8 Å². The number of nitrogens with one attached hydrogen (secondary N) is 1. The van der Waals surface area contributed by atoms with E-state index in [9.17, 15) is 0 Å². The molecule has 0 aromatic heterocycles. The standard InChI is InChI=1S/C14H28ClNO/c1-12(2)10-17-8-7-16-14(11-15)6-4-5-13(3)9-14/h12-13,16H,4-11H2,1-3H3. The van der Waals surface area contributed by atoms with Crippen LogP contribution in [0, 0.1) is 11.8 Å². The summed E-state index contributed by atoms with van der Waals surface area (Å²) in [5.74, 6) is 2.14. The van der Waals surface area contributed by atoms with E-state index in [0.29, 0.717) is 5.92 Å². The van der Waals surface area contributed by atoms with Gasteiger partial charge in [-0.2, -0.15) is 0 Å². The van der Waals surface area contributed by atoms with E-state index in [-0.39, 0.29) is 5.54 Å². The number of hydrogen-bond donors (Lipinski definition) is 1. The minimum atomic E-state index is 0.167. The molecule has 1 saturated carbocycles. The number of ether oxygens (including phenoxy) is 1. The molecule has 0 aliphatic heterocycles. The monoisotopic (exact) mass is 261 g/mol. The molecular weight excluding hydrogens is 234 g/mol. The SMILES string of the molecule is CC(C)COCCNC1(CCl)CCCC(C)C1. The van der Waals surface area contributed by atoms with Gasteiger partial charge in [0.05, 0.1) is 6.61 Å². The van der Waals surface area contributed by atoms with Crippen molar-refractivity contribution in [2.75, 3.05) is 25.6 Å². The molecule has 1 rings (SSSR count). The van der Waals surface area contributed by atoms with E-state index in [0.717, 1.165) is 31.6 Å². The number of rotatable bonds is 7. The molecule has 1 fully saturated rings. The maximum absolute atomic E-state index is 6.16. The molecule has 0 saturated heterocycles.